The third kappa shape index (κ3) is 3.05. The number of pyridine rings is 1. The lowest BCUT2D eigenvalue weighted by molar-refractivity contribution is -0.120. The fourth-order valence-corrected chi connectivity index (χ4v) is 4.49. The zero-order valence-corrected chi connectivity index (χ0v) is 17.1. The van der Waals surface area contributed by atoms with Crippen molar-refractivity contribution in [3.05, 3.63) is 47.5 Å². The van der Waals surface area contributed by atoms with Crippen LogP contribution in [0.5, 0.6) is 0 Å². The number of halogens is 1. The number of carbonyl (C=O) groups is 1. The molecule has 0 spiro atoms. The smallest absolute Gasteiger partial charge is 0.254 e. The van der Waals surface area contributed by atoms with Gasteiger partial charge in [0.15, 0.2) is 11.3 Å². The van der Waals surface area contributed by atoms with Crippen molar-refractivity contribution in [1.82, 2.24) is 4.98 Å². The van der Waals surface area contributed by atoms with Crippen molar-refractivity contribution >= 4 is 41.7 Å². The van der Waals surface area contributed by atoms with Crippen molar-refractivity contribution in [2.75, 3.05) is 16.1 Å². The summed E-state index contributed by atoms with van der Waals surface area (Å²) in [4.78, 5) is 20.8. The molecule has 0 bridgehead atoms. The first kappa shape index (κ1) is 19.5. The minimum atomic E-state index is -0.941. The van der Waals surface area contributed by atoms with E-state index in [2.05, 4.69) is 17.6 Å². The van der Waals surface area contributed by atoms with E-state index in [-0.39, 0.29) is 22.1 Å². The first-order chi connectivity index (χ1) is 12.7. The van der Waals surface area contributed by atoms with Gasteiger partial charge in [-0.2, -0.15) is 5.26 Å². The van der Waals surface area contributed by atoms with Gasteiger partial charge in [-0.05, 0) is 51.3 Å². The van der Waals surface area contributed by atoms with Gasteiger partial charge in [0.25, 0.3) is 5.91 Å². The molecule has 1 aromatic carbocycles. The van der Waals surface area contributed by atoms with Crippen LogP contribution in [0.15, 0.2) is 35.4 Å². The van der Waals surface area contributed by atoms with Crippen LogP contribution in [0.2, 0.25) is 0 Å². The lowest BCUT2D eigenvalue weighted by atomic mass is 10.0. The highest BCUT2D eigenvalue weighted by Crippen LogP contribution is 2.42. The minimum Gasteiger partial charge on any atom is -0.327 e. The average molecular weight is 403 g/mol. The van der Waals surface area contributed by atoms with E-state index in [0.717, 1.165) is 23.1 Å². The van der Waals surface area contributed by atoms with Crippen molar-refractivity contribution in [3.8, 4) is 6.07 Å². The van der Waals surface area contributed by atoms with Crippen molar-refractivity contribution in [2.24, 2.45) is 0 Å². The van der Waals surface area contributed by atoms with Crippen LogP contribution >= 0.6 is 24.4 Å². The largest absolute Gasteiger partial charge is 0.327 e. The molecule has 1 amide bonds. The molecule has 2 aromatic rings. The van der Waals surface area contributed by atoms with Crippen LogP contribution in [0.25, 0.3) is 0 Å². The second-order valence-electron chi connectivity index (χ2n) is 6.70. The summed E-state index contributed by atoms with van der Waals surface area (Å²) < 4.78 is 15.1. The molecule has 140 valence electrons. The van der Waals surface area contributed by atoms with E-state index in [4.69, 9.17) is 0 Å². The van der Waals surface area contributed by atoms with Crippen molar-refractivity contribution in [1.29, 1.82) is 5.26 Å². The molecule has 0 N–H and O–H groups in total. The van der Waals surface area contributed by atoms with Crippen LogP contribution in [-0.2, 0) is 4.79 Å². The van der Waals surface area contributed by atoms with Crippen molar-refractivity contribution in [3.63, 3.8) is 0 Å². The number of aromatic nitrogens is 1. The lowest BCUT2D eigenvalue weighted by Gasteiger charge is -2.33. The van der Waals surface area contributed by atoms with Gasteiger partial charge in [-0.25, -0.2) is 4.39 Å². The van der Waals surface area contributed by atoms with Gasteiger partial charge in [-0.15, -0.1) is 24.4 Å². The molecule has 0 saturated carbocycles. The van der Waals surface area contributed by atoms with Gasteiger partial charge in [-0.3, -0.25) is 14.7 Å². The number of aryl methyl sites for hydroxylation is 1. The molecule has 3 rings (SSSR count). The average Bonchev–Trinajstić information content (AvgIpc) is 2.81. The molecule has 2 heterocycles. The van der Waals surface area contributed by atoms with Gasteiger partial charge in [0.1, 0.15) is 11.6 Å². The van der Waals surface area contributed by atoms with Gasteiger partial charge < -0.3 is 4.90 Å². The predicted octanol–water partition coefficient (Wildman–Crippen LogP) is 3.97. The maximum absolute atomic E-state index is 15.1. The zero-order chi connectivity index (χ0) is 19.9. The fourth-order valence-electron chi connectivity index (χ4n) is 3.22. The Labute approximate surface area is 167 Å². The number of nitriles is 1. The summed E-state index contributed by atoms with van der Waals surface area (Å²) in [6.07, 6.45) is 3.38. The first-order valence-corrected chi connectivity index (χ1v) is 9.98. The molecule has 1 fully saturated rings. The molecule has 27 heavy (non-hydrogen) atoms. The fraction of sp³-hybridized carbons (Fsp3) is 0.316. The molecule has 1 saturated heterocycles. The summed E-state index contributed by atoms with van der Waals surface area (Å²) in [5.41, 5.74) is 0.277. The molecule has 5 nitrogen and oxygen atoms in total. The summed E-state index contributed by atoms with van der Waals surface area (Å²) >= 11 is 5.76. The third-order valence-corrected chi connectivity index (χ3v) is 5.91. The van der Waals surface area contributed by atoms with Crippen LogP contribution in [0.1, 0.15) is 25.1 Å². The van der Waals surface area contributed by atoms with Gasteiger partial charge in [0, 0.05) is 5.69 Å². The number of hydrogen-bond donors (Lipinski definition) is 1. The summed E-state index contributed by atoms with van der Waals surface area (Å²) in [7, 11) is 0. The number of carbonyl (C=O) groups excluding carboxylic acids is 1. The highest BCUT2D eigenvalue weighted by atomic mass is 32.2. The van der Waals surface area contributed by atoms with E-state index in [1.165, 1.54) is 17.0 Å². The van der Waals surface area contributed by atoms with Gasteiger partial charge >= 0.3 is 0 Å². The number of thiol groups is 1. The molecular formula is C19H19FN4OS2. The summed E-state index contributed by atoms with van der Waals surface area (Å²) in [5.74, 6) is -0.868. The van der Waals surface area contributed by atoms with Crippen molar-refractivity contribution in [2.45, 2.75) is 36.7 Å². The number of amides is 1. The maximum atomic E-state index is 15.1. The second kappa shape index (κ2) is 7.06. The molecule has 1 unspecified atom stereocenters. The van der Waals surface area contributed by atoms with Gasteiger partial charge in [0.05, 0.1) is 28.0 Å². The Balaban J connectivity index is 2.12. The van der Waals surface area contributed by atoms with Crippen LogP contribution < -0.4 is 9.80 Å². The normalized spacial score (nSPS) is 18.7. The number of nitrogens with zero attached hydrogens (tertiary/aromatic N) is 4. The molecule has 0 aliphatic carbocycles. The van der Waals surface area contributed by atoms with E-state index in [9.17, 15) is 10.1 Å². The number of benzene rings is 1. The zero-order valence-electron chi connectivity index (χ0n) is 15.4. The lowest BCUT2D eigenvalue weighted by Crippen LogP contribution is -2.45. The maximum Gasteiger partial charge on any atom is 0.254 e. The van der Waals surface area contributed by atoms with Crippen molar-refractivity contribution < 1.29 is 9.18 Å². The van der Waals surface area contributed by atoms with E-state index in [1.54, 1.807) is 31.2 Å². The highest BCUT2D eigenvalue weighted by Gasteiger charge is 2.52. The summed E-state index contributed by atoms with van der Waals surface area (Å²) in [6, 6.07) is 8.69. The summed E-state index contributed by atoms with van der Waals surface area (Å²) in [6.45, 7) is 5.43. The van der Waals surface area contributed by atoms with Crippen LogP contribution in [-0.4, -0.2) is 28.2 Å². The van der Waals surface area contributed by atoms with E-state index < -0.39 is 16.9 Å². The van der Waals surface area contributed by atoms with Gasteiger partial charge in [0.2, 0.25) is 0 Å². The quantitative estimate of drug-likeness (QED) is 0.622. The minimum absolute atomic E-state index is 0.110. The number of anilines is 2. The molecule has 0 radical (unpaired) electrons. The van der Waals surface area contributed by atoms with E-state index in [1.807, 2.05) is 25.1 Å². The third-order valence-electron chi connectivity index (χ3n) is 4.64. The Kier molecular flexibility index (Phi) is 5.10. The van der Waals surface area contributed by atoms with Crippen LogP contribution in [0.4, 0.5) is 15.8 Å². The molecule has 1 aliphatic rings. The van der Waals surface area contributed by atoms with Crippen LogP contribution in [0, 0.1) is 24.1 Å². The Morgan fingerprint density at radius 2 is 2.04 bits per heavy atom. The number of hydrogen-bond acceptors (Lipinski definition) is 6. The first-order valence-electron chi connectivity index (χ1n) is 8.24. The standard InChI is InChI=1S/C19H19FN4OS2/c1-11-5-7-13(10-22-11)24-18(26)23(17(25)19(24,2)3)14-8-6-12(9-21)16(27-4)15(14)20/h5-8,10,18,26H,1-4H3. The SMILES string of the molecule is CSc1c(C#N)ccc(N2C(=O)C(C)(C)N(c3ccc(C)nc3)C2S)c1F. The Morgan fingerprint density at radius 3 is 2.59 bits per heavy atom. The van der Waals surface area contributed by atoms with E-state index >= 15 is 4.39 Å². The summed E-state index contributed by atoms with van der Waals surface area (Å²) in [5, 5.41) is 9.19. The Hall–Kier alpha value is -2.24. The Morgan fingerprint density at radius 1 is 1.33 bits per heavy atom. The number of thioether (sulfide) groups is 1. The molecule has 1 atom stereocenters. The Bertz CT molecular complexity index is 940. The van der Waals surface area contributed by atoms with Gasteiger partial charge in [-0.1, -0.05) is 0 Å². The molecular weight excluding hydrogens is 383 g/mol. The molecule has 8 heteroatoms. The second-order valence-corrected chi connectivity index (χ2v) is 7.98. The highest BCUT2D eigenvalue weighted by molar-refractivity contribution is 7.98. The molecule has 1 aromatic heterocycles. The van der Waals surface area contributed by atoms with Crippen LogP contribution in [0.3, 0.4) is 0 Å². The predicted molar refractivity (Wildman–Crippen MR) is 109 cm³/mol. The number of rotatable bonds is 3. The van der Waals surface area contributed by atoms with E-state index in [0.29, 0.717) is 0 Å². The molecule has 1 aliphatic heterocycles. The monoisotopic (exact) mass is 402 g/mol. The topological polar surface area (TPSA) is 60.2 Å².